The molecular formula is C20H30N3O+. The van der Waals surface area contributed by atoms with Gasteiger partial charge in [-0.15, -0.1) is 0 Å². The Morgan fingerprint density at radius 2 is 1.92 bits per heavy atom. The Balaban J connectivity index is 2.13. The van der Waals surface area contributed by atoms with Crippen molar-refractivity contribution in [1.29, 1.82) is 5.26 Å². The van der Waals surface area contributed by atoms with Gasteiger partial charge in [0.15, 0.2) is 0 Å². The molecule has 0 spiro atoms. The first kappa shape index (κ1) is 17.2. The summed E-state index contributed by atoms with van der Waals surface area (Å²) in [5.74, 6) is 1.62. The van der Waals surface area contributed by atoms with Gasteiger partial charge in [0, 0.05) is 18.4 Å². The lowest BCUT2D eigenvalue weighted by molar-refractivity contribution is -0.379. The molecule has 0 aromatic carbocycles. The molecule has 1 saturated heterocycles. The molecule has 1 fully saturated rings. The highest BCUT2D eigenvalue weighted by molar-refractivity contribution is 5.58. The molecule has 0 amide bonds. The van der Waals surface area contributed by atoms with Crippen LogP contribution in [0.5, 0.6) is 0 Å². The predicted molar refractivity (Wildman–Crippen MR) is 94.9 cm³/mol. The summed E-state index contributed by atoms with van der Waals surface area (Å²) < 4.78 is 6.06. The van der Waals surface area contributed by atoms with E-state index in [9.17, 15) is 5.26 Å². The summed E-state index contributed by atoms with van der Waals surface area (Å²) >= 11 is 0. The molecular weight excluding hydrogens is 298 g/mol. The molecule has 2 aliphatic heterocycles. The van der Waals surface area contributed by atoms with Gasteiger partial charge in [-0.05, 0) is 44.6 Å². The number of aromatic nitrogens is 1. The van der Waals surface area contributed by atoms with Crippen molar-refractivity contribution < 1.29 is 9.72 Å². The lowest BCUT2D eigenvalue weighted by atomic mass is 9.86. The minimum absolute atomic E-state index is 0.200. The zero-order chi connectivity index (χ0) is 17.3. The van der Waals surface area contributed by atoms with Gasteiger partial charge >= 0.3 is 0 Å². The third kappa shape index (κ3) is 3.42. The van der Waals surface area contributed by atoms with Crippen LogP contribution in [0.15, 0.2) is 0 Å². The zero-order valence-corrected chi connectivity index (χ0v) is 15.5. The zero-order valence-electron chi connectivity index (χ0n) is 15.5. The molecule has 24 heavy (non-hydrogen) atoms. The topological polar surface area (TPSA) is 50.4 Å². The molecule has 0 aliphatic carbocycles. The standard InChI is InChI=1S/C20H29N3O/c1-14(2)10-18-17-13-24-20(3,4)11-15(17)16(12-21)19(22-18)23-8-6-5-7-9-23/h14H,5-11,13H2,1-4H3/p+1. The summed E-state index contributed by atoms with van der Waals surface area (Å²) in [6.45, 7) is 11.4. The van der Waals surface area contributed by atoms with Crippen molar-refractivity contribution in [2.24, 2.45) is 5.92 Å². The second-order valence-electron chi connectivity index (χ2n) is 8.27. The van der Waals surface area contributed by atoms with Crippen LogP contribution >= 0.6 is 0 Å². The molecule has 0 bridgehead atoms. The van der Waals surface area contributed by atoms with Crippen molar-refractivity contribution in [3.8, 4) is 6.07 Å². The lowest BCUT2D eigenvalue weighted by Crippen LogP contribution is -2.40. The summed E-state index contributed by atoms with van der Waals surface area (Å²) in [7, 11) is 0. The monoisotopic (exact) mass is 328 g/mol. The minimum Gasteiger partial charge on any atom is -0.370 e. The van der Waals surface area contributed by atoms with Crippen LogP contribution in [0.3, 0.4) is 0 Å². The third-order valence-electron chi connectivity index (χ3n) is 5.14. The molecule has 0 atom stereocenters. The highest BCUT2D eigenvalue weighted by atomic mass is 16.5. The molecule has 3 heterocycles. The van der Waals surface area contributed by atoms with Gasteiger partial charge in [0.1, 0.15) is 17.3 Å². The summed E-state index contributed by atoms with van der Waals surface area (Å²) in [6, 6.07) is 2.51. The molecule has 2 aliphatic rings. The van der Waals surface area contributed by atoms with Crippen molar-refractivity contribution in [1.82, 2.24) is 0 Å². The van der Waals surface area contributed by atoms with E-state index in [4.69, 9.17) is 4.74 Å². The summed E-state index contributed by atoms with van der Waals surface area (Å²) in [5, 5.41) is 9.91. The van der Waals surface area contributed by atoms with E-state index in [1.807, 2.05) is 0 Å². The maximum absolute atomic E-state index is 9.91. The first-order valence-electron chi connectivity index (χ1n) is 9.30. The van der Waals surface area contributed by atoms with Crippen LogP contribution in [-0.4, -0.2) is 18.7 Å². The third-order valence-corrected chi connectivity index (χ3v) is 5.14. The number of nitriles is 1. The fourth-order valence-electron chi connectivity index (χ4n) is 3.93. The van der Waals surface area contributed by atoms with E-state index in [1.165, 1.54) is 36.1 Å². The SMILES string of the molecule is CC(C)Cc1[nH+]c(N2CCCCC2)c(C#N)c2c1COC(C)(C)C2. The number of ether oxygens (including phenoxy) is 1. The van der Waals surface area contributed by atoms with Gasteiger partial charge in [0.2, 0.25) is 0 Å². The lowest BCUT2D eigenvalue weighted by Gasteiger charge is -2.34. The number of nitrogens with one attached hydrogen (secondary N) is 1. The smallest absolute Gasteiger partial charge is 0.293 e. The Kier molecular flexibility index (Phi) is 4.83. The summed E-state index contributed by atoms with van der Waals surface area (Å²) in [5.41, 5.74) is 4.34. The fraction of sp³-hybridized carbons (Fsp3) is 0.700. The van der Waals surface area contributed by atoms with Crippen LogP contribution in [0.2, 0.25) is 0 Å². The van der Waals surface area contributed by atoms with Crippen LogP contribution in [0.25, 0.3) is 0 Å². The first-order chi connectivity index (χ1) is 11.4. The Morgan fingerprint density at radius 3 is 2.54 bits per heavy atom. The average Bonchev–Trinajstić information content (AvgIpc) is 2.53. The van der Waals surface area contributed by atoms with Crippen LogP contribution < -0.4 is 9.88 Å². The number of hydrogen-bond acceptors (Lipinski definition) is 3. The fourth-order valence-corrected chi connectivity index (χ4v) is 3.93. The van der Waals surface area contributed by atoms with Crippen molar-refractivity contribution in [3.05, 3.63) is 22.4 Å². The van der Waals surface area contributed by atoms with Gasteiger partial charge < -0.3 is 4.74 Å². The molecule has 1 aromatic rings. The molecule has 1 N–H and O–H groups in total. The number of H-pyrrole nitrogens is 1. The van der Waals surface area contributed by atoms with E-state index in [1.54, 1.807) is 0 Å². The van der Waals surface area contributed by atoms with Gasteiger partial charge in [-0.1, -0.05) is 13.8 Å². The number of piperidine rings is 1. The number of hydrogen-bond donors (Lipinski definition) is 0. The van der Waals surface area contributed by atoms with E-state index in [0.717, 1.165) is 37.3 Å². The van der Waals surface area contributed by atoms with Crippen LogP contribution in [0, 0.1) is 17.2 Å². The van der Waals surface area contributed by atoms with E-state index >= 15 is 0 Å². The summed E-state index contributed by atoms with van der Waals surface area (Å²) in [6.07, 6.45) is 5.53. The predicted octanol–water partition coefficient (Wildman–Crippen LogP) is 3.41. The number of anilines is 1. The second-order valence-corrected chi connectivity index (χ2v) is 8.27. The van der Waals surface area contributed by atoms with Gasteiger partial charge in [-0.25, -0.2) is 4.98 Å². The summed E-state index contributed by atoms with van der Waals surface area (Å²) in [4.78, 5) is 6.03. The van der Waals surface area contributed by atoms with Crippen LogP contribution in [0.4, 0.5) is 5.82 Å². The second kappa shape index (κ2) is 6.72. The molecule has 4 nitrogen and oxygen atoms in total. The maximum Gasteiger partial charge on any atom is 0.293 e. The quantitative estimate of drug-likeness (QED) is 0.854. The van der Waals surface area contributed by atoms with Crippen LogP contribution in [-0.2, 0) is 24.2 Å². The Bertz CT molecular complexity index is 652. The first-order valence-corrected chi connectivity index (χ1v) is 9.30. The Morgan fingerprint density at radius 1 is 1.21 bits per heavy atom. The normalized spacial score (nSPS) is 19.9. The molecule has 0 saturated carbocycles. The van der Waals surface area contributed by atoms with Crippen molar-refractivity contribution in [2.75, 3.05) is 18.0 Å². The molecule has 1 aromatic heterocycles. The van der Waals surface area contributed by atoms with E-state index in [2.05, 4.69) is 43.6 Å². The number of pyridine rings is 1. The number of rotatable bonds is 3. The molecule has 0 radical (unpaired) electrons. The molecule has 0 unspecified atom stereocenters. The van der Waals surface area contributed by atoms with Gasteiger partial charge in [0.25, 0.3) is 5.82 Å². The van der Waals surface area contributed by atoms with Gasteiger partial charge in [-0.2, -0.15) is 5.26 Å². The Labute approximate surface area is 145 Å². The van der Waals surface area contributed by atoms with Crippen molar-refractivity contribution in [3.63, 3.8) is 0 Å². The van der Waals surface area contributed by atoms with E-state index < -0.39 is 0 Å². The van der Waals surface area contributed by atoms with Crippen LogP contribution in [0.1, 0.15) is 69.3 Å². The van der Waals surface area contributed by atoms with E-state index in [-0.39, 0.29) is 5.60 Å². The molecule has 130 valence electrons. The largest absolute Gasteiger partial charge is 0.370 e. The minimum atomic E-state index is -0.200. The molecule has 3 rings (SSSR count). The van der Waals surface area contributed by atoms with Gasteiger partial charge in [-0.3, -0.25) is 4.90 Å². The maximum atomic E-state index is 9.91. The number of nitrogens with zero attached hydrogens (tertiary/aromatic N) is 2. The number of fused-ring (bicyclic) bond motifs is 1. The average molecular weight is 328 g/mol. The highest BCUT2D eigenvalue weighted by Gasteiger charge is 2.35. The van der Waals surface area contributed by atoms with Crippen molar-refractivity contribution >= 4 is 5.82 Å². The molecule has 4 heteroatoms. The number of aromatic amines is 1. The van der Waals surface area contributed by atoms with E-state index in [0.29, 0.717) is 12.5 Å². The van der Waals surface area contributed by atoms with Crippen molar-refractivity contribution in [2.45, 2.75) is 72.0 Å². The highest BCUT2D eigenvalue weighted by Crippen LogP contribution is 2.34. The Hall–Kier alpha value is -1.60. The van der Waals surface area contributed by atoms with Gasteiger partial charge in [0.05, 0.1) is 25.3 Å².